The molecule has 0 aliphatic rings. The number of oxime groups is 1. The van der Waals surface area contributed by atoms with Gasteiger partial charge >= 0.3 is 0 Å². The highest BCUT2D eigenvalue weighted by atomic mass is 35.6. The van der Waals surface area contributed by atoms with Crippen LogP contribution in [-0.2, 0) is 3.79 Å². The standard InChI is InChI=1S/C7H5Cl3N2O/c8-7(9,10)6-5(4-12-13)2-1-3-11-6/h1-4,13H. The first-order valence-corrected chi connectivity index (χ1v) is 4.38. The second-order valence-electron chi connectivity index (χ2n) is 2.18. The third-order valence-corrected chi connectivity index (χ3v) is 1.84. The Bertz CT molecular complexity index is 322. The third kappa shape index (κ3) is 2.72. The maximum Gasteiger partial charge on any atom is 0.233 e. The van der Waals surface area contributed by atoms with Crippen molar-refractivity contribution in [1.29, 1.82) is 0 Å². The van der Waals surface area contributed by atoms with Gasteiger partial charge in [-0.25, -0.2) is 0 Å². The minimum Gasteiger partial charge on any atom is -0.411 e. The van der Waals surface area contributed by atoms with E-state index in [0.717, 1.165) is 6.21 Å². The van der Waals surface area contributed by atoms with Crippen LogP contribution in [0.25, 0.3) is 0 Å². The Balaban J connectivity index is 3.20. The Labute approximate surface area is 89.9 Å². The average molecular weight is 239 g/mol. The van der Waals surface area contributed by atoms with Gasteiger partial charge in [-0.15, -0.1) is 0 Å². The second-order valence-corrected chi connectivity index (χ2v) is 4.46. The molecule has 0 atom stereocenters. The van der Waals surface area contributed by atoms with Gasteiger partial charge in [-0.3, -0.25) is 4.98 Å². The molecule has 0 bridgehead atoms. The molecule has 1 rings (SSSR count). The summed E-state index contributed by atoms with van der Waals surface area (Å²) in [4.78, 5) is 3.87. The summed E-state index contributed by atoms with van der Waals surface area (Å²) in [5.74, 6) is 0. The lowest BCUT2D eigenvalue weighted by Crippen LogP contribution is -2.07. The fraction of sp³-hybridized carbons (Fsp3) is 0.143. The summed E-state index contributed by atoms with van der Waals surface area (Å²) in [6.45, 7) is 0. The van der Waals surface area contributed by atoms with Crippen LogP contribution in [0.1, 0.15) is 11.3 Å². The number of halogens is 3. The molecule has 13 heavy (non-hydrogen) atoms. The zero-order chi connectivity index (χ0) is 9.90. The van der Waals surface area contributed by atoms with E-state index in [4.69, 9.17) is 40.0 Å². The van der Waals surface area contributed by atoms with E-state index < -0.39 is 3.79 Å². The molecule has 1 heterocycles. The van der Waals surface area contributed by atoms with E-state index in [1.807, 2.05) is 0 Å². The number of hydrogen-bond donors (Lipinski definition) is 1. The lowest BCUT2D eigenvalue weighted by Gasteiger charge is -2.11. The molecular formula is C7H5Cl3N2O. The van der Waals surface area contributed by atoms with Gasteiger partial charge in [0, 0.05) is 11.8 Å². The summed E-state index contributed by atoms with van der Waals surface area (Å²) in [6.07, 6.45) is 2.65. The molecule has 0 aliphatic heterocycles. The molecule has 0 spiro atoms. The fourth-order valence-corrected chi connectivity index (χ4v) is 1.29. The molecule has 0 saturated carbocycles. The van der Waals surface area contributed by atoms with E-state index in [2.05, 4.69) is 10.1 Å². The van der Waals surface area contributed by atoms with E-state index in [1.165, 1.54) is 6.20 Å². The Kier molecular flexibility index (Phi) is 3.36. The number of alkyl halides is 3. The van der Waals surface area contributed by atoms with Gasteiger partial charge in [-0.2, -0.15) is 0 Å². The second kappa shape index (κ2) is 4.13. The molecule has 1 aromatic rings. The van der Waals surface area contributed by atoms with Crippen LogP contribution in [-0.4, -0.2) is 16.4 Å². The average Bonchev–Trinajstić information content (AvgIpc) is 2.04. The number of hydrogen-bond acceptors (Lipinski definition) is 3. The van der Waals surface area contributed by atoms with Gasteiger partial charge < -0.3 is 5.21 Å². The first-order valence-electron chi connectivity index (χ1n) is 3.25. The molecule has 0 amide bonds. The Hall–Kier alpha value is -0.510. The summed E-state index contributed by atoms with van der Waals surface area (Å²) in [5, 5.41) is 11.2. The van der Waals surface area contributed by atoms with Crippen LogP contribution in [0.3, 0.4) is 0 Å². The van der Waals surface area contributed by atoms with Crippen molar-refractivity contribution in [2.75, 3.05) is 0 Å². The summed E-state index contributed by atoms with van der Waals surface area (Å²) in [5.41, 5.74) is 0.697. The van der Waals surface area contributed by atoms with E-state index in [0.29, 0.717) is 5.56 Å². The molecule has 0 aliphatic carbocycles. The van der Waals surface area contributed by atoms with Crippen LogP contribution in [0, 0.1) is 0 Å². The molecule has 0 aromatic carbocycles. The van der Waals surface area contributed by atoms with Gasteiger partial charge in [-0.1, -0.05) is 40.0 Å². The van der Waals surface area contributed by atoms with Crippen molar-refractivity contribution in [1.82, 2.24) is 4.98 Å². The smallest absolute Gasteiger partial charge is 0.233 e. The van der Waals surface area contributed by atoms with Gasteiger partial charge in [0.2, 0.25) is 3.79 Å². The molecule has 0 unspecified atom stereocenters. The molecule has 0 radical (unpaired) electrons. The van der Waals surface area contributed by atoms with Gasteiger partial charge in [0.05, 0.1) is 6.21 Å². The van der Waals surface area contributed by atoms with Crippen LogP contribution in [0.4, 0.5) is 0 Å². The van der Waals surface area contributed by atoms with E-state index >= 15 is 0 Å². The summed E-state index contributed by atoms with van der Waals surface area (Å²) in [7, 11) is 0. The summed E-state index contributed by atoms with van der Waals surface area (Å²) < 4.78 is -1.61. The highest BCUT2D eigenvalue weighted by molar-refractivity contribution is 6.66. The predicted octanol–water partition coefficient (Wildman–Crippen LogP) is 2.72. The van der Waals surface area contributed by atoms with E-state index in [1.54, 1.807) is 12.1 Å². The number of rotatable bonds is 1. The van der Waals surface area contributed by atoms with Gasteiger partial charge in [0.25, 0.3) is 0 Å². The topological polar surface area (TPSA) is 45.5 Å². The molecule has 6 heteroatoms. The van der Waals surface area contributed by atoms with Crippen molar-refractivity contribution >= 4 is 41.0 Å². The first kappa shape index (κ1) is 10.6. The monoisotopic (exact) mass is 238 g/mol. The van der Waals surface area contributed by atoms with Crippen molar-refractivity contribution in [3.63, 3.8) is 0 Å². The van der Waals surface area contributed by atoms with Crippen molar-refractivity contribution in [2.45, 2.75) is 3.79 Å². The predicted molar refractivity (Wildman–Crippen MR) is 52.9 cm³/mol. The molecule has 0 fully saturated rings. The Morgan fingerprint density at radius 2 is 2.15 bits per heavy atom. The van der Waals surface area contributed by atoms with Crippen LogP contribution >= 0.6 is 34.8 Å². The maximum atomic E-state index is 8.32. The van der Waals surface area contributed by atoms with Crippen LogP contribution in [0.15, 0.2) is 23.5 Å². The fourth-order valence-electron chi connectivity index (χ4n) is 0.821. The third-order valence-electron chi connectivity index (χ3n) is 1.30. The highest BCUT2D eigenvalue weighted by Gasteiger charge is 2.26. The van der Waals surface area contributed by atoms with Crippen molar-refractivity contribution in [2.24, 2.45) is 5.16 Å². The van der Waals surface area contributed by atoms with E-state index in [-0.39, 0.29) is 5.69 Å². The zero-order valence-electron chi connectivity index (χ0n) is 6.28. The molecule has 70 valence electrons. The quantitative estimate of drug-likeness (QED) is 0.354. The minimum atomic E-state index is -1.61. The lowest BCUT2D eigenvalue weighted by atomic mass is 10.2. The lowest BCUT2D eigenvalue weighted by molar-refractivity contribution is 0.322. The first-order chi connectivity index (χ1) is 6.05. The number of aromatic nitrogens is 1. The SMILES string of the molecule is ON=Cc1cccnc1C(Cl)(Cl)Cl. The van der Waals surface area contributed by atoms with Crippen molar-refractivity contribution < 1.29 is 5.21 Å². The van der Waals surface area contributed by atoms with Crippen LogP contribution < -0.4 is 0 Å². The van der Waals surface area contributed by atoms with Crippen molar-refractivity contribution in [3.05, 3.63) is 29.6 Å². The Morgan fingerprint density at radius 1 is 1.46 bits per heavy atom. The van der Waals surface area contributed by atoms with Gasteiger partial charge in [0.15, 0.2) is 0 Å². The molecular weight excluding hydrogens is 234 g/mol. The van der Waals surface area contributed by atoms with E-state index in [9.17, 15) is 0 Å². The molecule has 3 nitrogen and oxygen atoms in total. The molecule has 1 N–H and O–H groups in total. The number of nitrogens with zero attached hydrogens (tertiary/aromatic N) is 2. The zero-order valence-corrected chi connectivity index (χ0v) is 8.55. The minimum absolute atomic E-state index is 0.234. The van der Waals surface area contributed by atoms with Crippen molar-refractivity contribution in [3.8, 4) is 0 Å². The summed E-state index contributed by atoms with van der Waals surface area (Å²) >= 11 is 16.9. The van der Waals surface area contributed by atoms with Gasteiger partial charge in [-0.05, 0) is 12.1 Å². The summed E-state index contributed by atoms with van der Waals surface area (Å²) in [6, 6.07) is 3.28. The molecule has 0 saturated heterocycles. The Morgan fingerprint density at radius 3 is 2.69 bits per heavy atom. The van der Waals surface area contributed by atoms with Crippen LogP contribution in [0.5, 0.6) is 0 Å². The van der Waals surface area contributed by atoms with Gasteiger partial charge in [0.1, 0.15) is 5.69 Å². The van der Waals surface area contributed by atoms with Crippen LogP contribution in [0.2, 0.25) is 0 Å². The largest absolute Gasteiger partial charge is 0.411 e. The molecule has 1 aromatic heterocycles. The number of pyridine rings is 1. The highest BCUT2D eigenvalue weighted by Crippen LogP contribution is 2.37. The maximum absolute atomic E-state index is 8.32. The normalized spacial score (nSPS) is 12.2.